The number of aromatic nitrogens is 4. The van der Waals surface area contributed by atoms with E-state index >= 15 is 0 Å². The molecule has 3 heterocycles. The van der Waals surface area contributed by atoms with Crippen LogP contribution in [0.1, 0.15) is 26.2 Å². The highest BCUT2D eigenvalue weighted by Crippen LogP contribution is 2.23. The van der Waals surface area contributed by atoms with Crippen molar-refractivity contribution in [2.45, 2.75) is 32.7 Å². The molecule has 0 saturated carbocycles. The minimum atomic E-state index is -0.429. The number of hydrogen-bond donors (Lipinski definition) is 1. The van der Waals surface area contributed by atoms with Gasteiger partial charge in [-0.25, -0.2) is 4.79 Å². The summed E-state index contributed by atoms with van der Waals surface area (Å²) in [6.07, 6.45) is 3.17. The molecule has 0 unspecified atom stereocenters. The minimum Gasteiger partial charge on any atom is -0.368 e. The van der Waals surface area contributed by atoms with Crippen molar-refractivity contribution in [1.82, 2.24) is 19.1 Å². The molecule has 8 nitrogen and oxygen atoms in total. The molecule has 0 bridgehead atoms. The average molecular weight is 396 g/mol. The van der Waals surface area contributed by atoms with Gasteiger partial charge in [-0.05, 0) is 18.6 Å². The van der Waals surface area contributed by atoms with Crippen LogP contribution in [0.4, 0.5) is 11.6 Å². The Morgan fingerprint density at radius 3 is 2.38 bits per heavy atom. The van der Waals surface area contributed by atoms with Gasteiger partial charge in [-0.2, -0.15) is 4.98 Å². The van der Waals surface area contributed by atoms with E-state index in [0.717, 1.165) is 57.9 Å². The van der Waals surface area contributed by atoms with E-state index in [9.17, 15) is 9.59 Å². The van der Waals surface area contributed by atoms with Gasteiger partial charge in [-0.15, -0.1) is 0 Å². The molecule has 29 heavy (non-hydrogen) atoms. The van der Waals surface area contributed by atoms with E-state index in [0.29, 0.717) is 11.2 Å². The van der Waals surface area contributed by atoms with Crippen molar-refractivity contribution in [3.63, 3.8) is 0 Å². The van der Waals surface area contributed by atoms with Gasteiger partial charge in [0, 0.05) is 45.5 Å². The molecule has 4 rings (SSSR count). The predicted molar refractivity (Wildman–Crippen MR) is 116 cm³/mol. The molecule has 0 atom stereocenters. The van der Waals surface area contributed by atoms with E-state index in [2.05, 4.69) is 46.0 Å². The fourth-order valence-electron chi connectivity index (χ4n) is 4.00. The molecule has 154 valence electrons. The van der Waals surface area contributed by atoms with Crippen LogP contribution in [0.5, 0.6) is 0 Å². The Morgan fingerprint density at radius 2 is 1.69 bits per heavy atom. The molecule has 1 saturated heterocycles. The molecular formula is C21H28N6O2. The molecule has 0 spiro atoms. The summed E-state index contributed by atoms with van der Waals surface area (Å²) >= 11 is 0. The first-order valence-electron chi connectivity index (χ1n) is 10.3. The second-order valence-corrected chi connectivity index (χ2v) is 7.57. The number of H-pyrrole nitrogens is 1. The lowest BCUT2D eigenvalue weighted by Gasteiger charge is -2.36. The largest absolute Gasteiger partial charge is 0.368 e. The monoisotopic (exact) mass is 396 g/mol. The summed E-state index contributed by atoms with van der Waals surface area (Å²) in [4.78, 5) is 36.4. The Labute approximate surface area is 169 Å². The number of hydrogen-bond acceptors (Lipinski definition) is 5. The molecule has 1 fully saturated rings. The van der Waals surface area contributed by atoms with Crippen molar-refractivity contribution < 1.29 is 0 Å². The summed E-state index contributed by atoms with van der Waals surface area (Å²) < 4.78 is 3.43. The summed E-state index contributed by atoms with van der Waals surface area (Å²) in [5.74, 6) is 0.788. The molecule has 0 amide bonds. The molecule has 1 aliphatic heterocycles. The Balaban J connectivity index is 1.67. The molecular weight excluding hydrogens is 368 g/mol. The van der Waals surface area contributed by atoms with Crippen LogP contribution >= 0.6 is 0 Å². The summed E-state index contributed by atoms with van der Waals surface area (Å²) in [5.41, 5.74) is 1.38. The highest BCUT2D eigenvalue weighted by atomic mass is 16.2. The number of imidazole rings is 1. The third-order valence-corrected chi connectivity index (χ3v) is 5.66. The third-order valence-electron chi connectivity index (χ3n) is 5.66. The number of para-hydroxylation sites is 1. The van der Waals surface area contributed by atoms with Gasteiger partial charge >= 0.3 is 5.69 Å². The zero-order chi connectivity index (χ0) is 20.4. The number of aromatic amines is 1. The predicted octanol–water partition coefficient (Wildman–Crippen LogP) is 1.94. The number of piperazine rings is 1. The van der Waals surface area contributed by atoms with E-state index < -0.39 is 5.69 Å². The molecule has 8 heteroatoms. The van der Waals surface area contributed by atoms with E-state index in [4.69, 9.17) is 4.98 Å². The Kier molecular flexibility index (Phi) is 5.42. The molecule has 1 aliphatic rings. The van der Waals surface area contributed by atoms with Crippen LogP contribution in [-0.4, -0.2) is 45.3 Å². The lowest BCUT2D eigenvalue weighted by molar-refractivity contribution is 0.582. The lowest BCUT2D eigenvalue weighted by atomic mass is 10.2. The fraction of sp³-hybridized carbons (Fsp3) is 0.476. The van der Waals surface area contributed by atoms with Gasteiger partial charge in [0.25, 0.3) is 5.56 Å². The van der Waals surface area contributed by atoms with Crippen LogP contribution in [0.15, 0.2) is 39.9 Å². The number of fused-ring (bicyclic) bond motifs is 1. The zero-order valence-corrected chi connectivity index (χ0v) is 17.1. The van der Waals surface area contributed by atoms with E-state index in [1.165, 1.54) is 10.3 Å². The molecule has 1 aromatic carbocycles. The van der Waals surface area contributed by atoms with Gasteiger partial charge in [0.15, 0.2) is 11.2 Å². The molecule has 0 radical (unpaired) electrons. The number of nitrogens with one attached hydrogen (secondary N) is 1. The summed E-state index contributed by atoms with van der Waals surface area (Å²) in [5, 5.41) is 0. The Morgan fingerprint density at radius 1 is 1.00 bits per heavy atom. The van der Waals surface area contributed by atoms with Gasteiger partial charge in [0.1, 0.15) is 0 Å². The number of aryl methyl sites for hydroxylation is 2. The Hall–Kier alpha value is -3.03. The van der Waals surface area contributed by atoms with Crippen LogP contribution in [0.3, 0.4) is 0 Å². The maximum atomic E-state index is 12.6. The topological polar surface area (TPSA) is 79.2 Å². The Bertz CT molecular complexity index is 1090. The van der Waals surface area contributed by atoms with Crippen LogP contribution in [0, 0.1) is 0 Å². The first kappa shape index (κ1) is 19.3. The summed E-state index contributed by atoms with van der Waals surface area (Å²) in [7, 11) is 1.65. The lowest BCUT2D eigenvalue weighted by Crippen LogP contribution is -2.47. The number of rotatable bonds is 6. The molecule has 1 N–H and O–H groups in total. The molecule has 0 aliphatic carbocycles. The summed E-state index contributed by atoms with van der Waals surface area (Å²) in [6, 6.07) is 10.4. The van der Waals surface area contributed by atoms with Crippen LogP contribution < -0.4 is 21.0 Å². The highest BCUT2D eigenvalue weighted by Gasteiger charge is 2.24. The average Bonchev–Trinajstić information content (AvgIpc) is 3.13. The van der Waals surface area contributed by atoms with Crippen molar-refractivity contribution in [3.8, 4) is 0 Å². The second kappa shape index (κ2) is 8.14. The van der Waals surface area contributed by atoms with Crippen molar-refractivity contribution in [3.05, 3.63) is 51.2 Å². The number of nitrogens with zero attached hydrogens (tertiary/aromatic N) is 5. The number of anilines is 2. The quantitative estimate of drug-likeness (QED) is 0.644. The first-order valence-corrected chi connectivity index (χ1v) is 10.3. The minimum absolute atomic E-state index is 0.360. The van der Waals surface area contributed by atoms with Gasteiger partial charge in [0.2, 0.25) is 5.95 Å². The molecule has 3 aromatic rings. The van der Waals surface area contributed by atoms with Crippen LogP contribution in [0.2, 0.25) is 0 Å². The third kappa shape index (κ3) is 3.66. The van der Waals surface area contributed by atoms with E-state index in [-0.39, 0.29) is 5.56 Å². The molecule has 2 aromatic heterocycles. The van der Waals surface area contributed by atoms with Crippen molar-refractivity contribution in [1.29, 1.82) is 0 Å². The van der Waals surface area contributed by atoms with E-state index in [1.54, 1.807) is 7.05 Å². The number of benzene rings is 1. The van der Waals surface area contributed by atoms with Crippen molar-refractivity contribution in [2.75, 3.05) is 36.0 Å². The van der Waals surface area contributed by atoms with Crippen molar-refractivity contribution >= 4 is 22.8 Å². The van der Waals surface area contributed by atoms with Crippen LogP contribution in [-0.2, 0) is 13.6 Å². The second-order valence-electron chi connectivity index (χ2n) is 7.57. The maximum Gasteiger partial charge on any atom is 0.329 e. The van der Waals surface area contributed by atoms with Gasteiger partial charge in [-0.1, -0.05) is 38.0 Å². The smallest absolute Gasteiger partial charge is 0.329 e. The normalized spacial score (nSPS) is 14.7. The van der Waals surface area contributed by atoms with Crippen LogP contribution in [0.25, 0.3) is 11.2 Å². The fourth-order valence-corrected chi connectivity index (χ4v) is 4.00. The van der Waals surface area contributed by atoms with Gasteiger partial charge < -0.3 is 14.4 Å². The maximum absolute atomic E-state index is 12.6. The standard InChI is InChI=1S/C21H28N6O2/c1-3-4-8-11-27-17-18(24(2)21(29)23-19(17)28)22-20(27)26-14-12-25(13-15-26)16-9-6-5-7-10-16/h5-7,9-10H,3-4,8,11-15H2,1-2H3,(H,23,28,29). The van der Waals surface area contributed by atoms with E-state index in [1.807, 2.05) is 10.6 Å². The zero-order valence-electron chi connectivity index (χ0n) is 17.1. The van der Waals surface area contributed by atoms with Gasteiger partial charge in [0.05, 0.1) is 0 Å². The number of unbranched alkanes of at least 4 members (excludes halogenated alkanes) is 2. The summed E-state index contributed by atoms with van der Waals surface area (Å²) in [6.45, 7) is 6.29. The SMILES string of the molecule is CCCCCn1c(N2CCN(c3ccccc3)CC2)nc2c1c(=O)[nH]c(=O)n2C. The van der Waals surface area contributed by atoms with Gasteiger partial charge in [-0.3, -0.25) is 14.3 Å². The van der Waals surface area contributed by atoms with Crippen molar-refractivity contribution in [2.24, 2.45) is 7.05 Å². The highest BCUT2D eigenvalue weighted by molar-refractivity contribution is 5.74. The first-order chi connectivity index (χ1) is 14.1.